The molecule has 196 valence electrons. The lowest BCUT2D eigenvalue weighted by Crippen LogP contribution is -2.52. The van der Waals surface area contributed by atoms with E-state index in [1.54, 1.807) is 6.92 Å². The van der Waals surface area contributed by atoms with E-state index in [0.717, 1.165) is 23.1 Å². The number of rotatable bonds is 6. The molecule has 0 fully saturated rings. The Morgan fingerprint density at radius 1 is 1.13 bits per heavy atom. The van der Waals surface area contributed by atoms with Gasteiger partial charge in [0, 0.05) is 17.3 Å². The third-order valence-electron chi connectivity index (χ3n) is 6.09. The second-order valence-corrected chi connectivity index (χ2v) is 8.50. The number of nitrogens with zero attached hydrogens (tertiary/aromatic N) is 3. The molecule has 1 heterocycles. The molecule has 38 heavy (non-hydrogen) atoms. The normalized spacial score (nSPS) is 18.3. The average molecular weight is 524 g/mol. The first-order valence-corrected chi connectivity index (χ1v) is 11.5. The second-order valence-electron chi connectivity index (χ2n) is 8.50. The van der Waals surface area contributed by atoms with Gasteiger partial charge in [0.1, 0.15) is 12.0 Å². The minimum Gasteiger partial charge on any atom is -0.464 e. The van der Waals surface area contributed by atoms with E-state index in [4.69, 9.17) is 10.00 Å². The fourth-order valence-electron chi connectivity index (χ4n) is 4.27. The van der Waals surface area contributed by atoms with E-state index in [9.17, 15) is 32.8 Å². The second kappa shape index (κ2) is 11.2. The maximum Gasteiger partial charge on any atom is 0.416 e. The minimum absolute atomic E-state index is 0.0318. The number of nitriles is 2. The number of ether oxygens (including phenoxy) is 1. The van der Waals surface area contributed by atoms with Crippen molar-refractivity contribution in [1.82, 2.24) is 5.32 Å². The van der Waals surface area contributed by atoms with Crippen LogP contribution in [0.2, 0.25) is 0 Å². The van der Waals surface area contributed by atoms with Crippen LogP contribution in [0.25, 0.3) is 0 Å². The van der Waals surface area contributed by atoms with Crippen molar-refractivity contribution >= 4 is 23.5 Å². The Balaban J connectivity index is 2.19. The fraction of sp³-hybridized carbons (Fsp3) is 0.296. The first-order valence-electron chi connectivity index (χ1n) is 11.5. The molecule has 1 aliphatic rings. The van der Waals surface area contributed by atoms with Gasteiger partial charge in [-0.25, -0.2) is 4.79 Å². The van der Waals surface area contributed by atoms with Gasteiger partial charge in [0.25, 0.3) is 0 Å². The molecule has 3 atom stereocenters. The molecule has 0 saturated heterocycles. The highest BCUT2D eigenvalue weighted by atomic mass is 19.4. The highest BCUT2D eigenvalue weighted by molar-refractivity contribution is 6.12. The Bertz CT molecular complexity index is 1370. The Morgan fingerprint density at radius 2 is 1.79 bits per heavy atom. The van der Waals surface area contributed by atoms with Crippen molar-refractivity contribution in [2.75, 3.05) is 11.5 Å². The zero-order valence-corrected chi connectivity index (χ0v) is 20.7. The van der Waals surface area contributed by atoms with E-state index in [1.807, 2.05) is 12.1 Å². The van der Waals surface area contributed by atoms with Crippen LogP contribution < -0.4 is 10.2 Å². The van der Waals surface area contributed by atoms with Crippen LogP contribution in [0, 0.1) is 28.6 Å². The number of benzene rings is 2. The molecular weight excluding hydrogens is 501 g/mol. The number of nitrogens with one attached hydrogen (secondary N) is 1. The summed E-state index contributed by atoms with van der Waals surface area (Å²) in [6.07, 6.45) is -4.69. The first kappa shape index (κ1) is 27.9. The van der Waals surface area contributed by atoms with Crippen LogP contribution in [-0.2, 0) is 25.3 Å². The van der Waals surface area contributed by atoms with Gasteiger partial charge in [-0.2, -0.15) is 23.7 Å². The van der Waals surface area contributed by atoms with Crippen molar-refractivity contribution in [3.05, 3.63) is 76.5 Å². The Labute approximate surface area is 216 Å². The Kier molecular flexibility index (Phi) is 8.22. The van der Waals surface area contributed by atoms with Crippen molar-refractivity contribution in [1.29, 1.82) is 10.5 Å². The predicted octanol–water partition coefficient (Wildman–Crippen LogP) is 4.19. The van der Waals surface area contributed by atoms with Gasteiger partial charge in [0.2, 0.25) is 11.8 Å². The molecule has 0 bridgehead atoms. The molecule has 1 N–H and O–H groups in total. The summed E-state index contributed by atoms with van der Waals surface area (Å²) in [4.78, 5) is 40.4. The van der Waals surface area contributed by atoms with Crippen molar-refractivity contribution in [3.63, 3.8) is 0 Å². The average Bonchev–Trinajstić information content (AvgIpc) is 2.88. The summed E-state index contributed by atoms with van der Waals surface area (Å²) < 4.78 is 45.1. The van der Waals surface area contributed by atoms with Gasteiger partial charge in [-0.1, -0.05) is 18.2 Å². The number of carbonyl (C=O) groups is 3. The summed E-state index contributed by atoms with van der Waals surface area (Å²) in [7, 11) is 0. The monoisotopic (exact) mass is 524 g/mol. The SMILES string of the molecule is CCOC(=O)[C@H](C)NC(=O)C1C(=O)N(c2cccc(C(F)(F)F)c2)C(C)=C(C#N)C1c1ccc(C#N)cc1. The maximum absolute atomic E-state index is 13.9. The van der Waals surface area contributed by atoms with Gasteiger partial charge in [-0.3, -0.25) is 14.5 Å². The Hall–Kier alpha value is -4.64. The number of allylic oxidation sites excluding steroid dienone is 2. The highest BCUT2D eigenvalue weighted by Gasteiger charge is 2.47. The van der Waals surface area contributed by atoms with Crippen LogP contribution in [0.15, 0.2) is 59.8 Å². The molecule has 0 saturated carbocycles. The molecule has 2 aromatic rings. The van der Waals surface area contributed by atoms with E-state index in [-0.39, 0.29) is 23.6 Å². The molecule has 3 rings (SSSR count). The summed E-state index contributed by atoms with van der Waals surface area (Å²) in [6, 6.07) is 12.7. The van der Waals surface area contributed by atoms with Crippen LogP contribution in [-0.4, -0.2) is 30.4 Å². The number of carbonyl (C=O) groups excluding carboxylic acids is 3. The molecule has 1 aliphatic heterocycles. The number of amides is 2. The largest absolute Gasteiger partial charge is 0.464 e. The molecule has 8 nitrogen and oxygen atoms in total. The third kappa shape index (κ3) is 5.52. The number of halogens is 3. The fourth-order valence-corrected chi connectivity index (χ4v) is 4.27. The van der Waals surface area contributed by atoms with Gasteiger partial charge in [0.05, 0.1) is 35.4 Å². The lowest BCUT2D eigenvalue weighted by atomic mass is 9.75. The van der Waals surface area contributed by atoms with Crippen molar-refractivity contribution in [2.45, 2.75) is 38.9 Å². The van der Waals surface area contributed by atoms with E-state index in [2.05, 4.69) is 5.32 Å². The van der Waals surface area contributed by atoms with Crippen molar-refractivity contribution in [3.8, 4) is 12.1 Å². The standard InChI is InChI=1S/C27H23F3N4O4/c1-4-38-26(37)15(2)33-24(35)23-22(18-10-8-17(13-31)9-11-18)21(14-32)16(3)34(25(23)36)20-7-5-6-19(12-20)27(28,29)30/h5-12,15,22-23H,4H2,1-3H3,(H,33,35)/t15-,22?,23?/m0/s1. The zero-order valence-electron chi connectivity index (χ0n) is 20.7. The molecule has 2 amide bonds. The maximum atomic E-state index is 13.9. The van der Waals surface area contributed by atoms with E-state index in [1.165, 1.54) is 44.2 Å². The number of esters is 1. The van der Waals surface area contributed by atoms with Crippen LogP contribution >= 0.6 is 0 Å². The predicted molar refractivity (Wildman–Crippen MR) is 129 cm³/mol. The molecule has 0 aromatic heterocycles. The molecule has 2 unspecified atom stereocenters. The first-order chi connectivity index (χ1) is 17.9. The summed E-state index contributed by atoms with van der Waals surface area (Å²) in [5.74, 6) is -5.30. The van der Waals surface area contributed by atoms with Crippen molar-refractivity contribution in [2.24, 2.45) is 5.92 Å². The van der Waals surface area contributed by atoms with Gasteiger partial charge in [0.15, 0.2) is 0 Å². The van der Waals surface area contributed by atoms with Crippen molar-refractivity contribution < 1.29 is 32.3 Å². The molecule has 0 radical (unpaired) electrons. The van der Waals surface area contributed by atoms with Crippen LogP contribution in [0.5, 0.6) is 0 Å². The molecule has 2 aromatic carbocycles. The van der Waals surface area contributed by atoms with Gasteiger partial charge < -0.3 is 10.1 Å². The minimum atomic E-state index is -4.69. The quantitative estimate of drug-likeness (QED) is 0.447. The van der Waals surface area contributed by atoms with Gasteiger partial charge >= 0.3 is 12.1 Å². The number of hydrogen-bond acceptors (Lipinski definition) is 6. The third-order valence-corrected chi connectivity index (χ3v) is 6.09. The summed E-state index contributed by atoms with van der Waals surface area (Å²) in [6.45, 7) is 4.40. The smallest absolute Gasteiger partial charge is 0.416 e. The lowest BCUT2D eigenvalue weighted by Gasteiger charge is -2.38. The number of alkyl halides is 3. The van der Waals surface area contributed by atoms with Gasteiger partial charge in [-0.05, 0) is 56.7 Å². The van der Waals surface area contributed by atoms with Crippen LogP contribution in [0.4, 0.5) is 18.9 Å². The highest BCUT2D eigenvalue weighted by Crippen LogP contribution is 2.43. The lowest BCUT2D eigenvalue weighted by molar-refractivity contribution is -0.148. The topological polar surface area (TPSA) is 123 Å². The van der Waals surface area contributed by atoms with E-state index in [0.29, 0.717) is 11.1 Å². The summed E-state index contributed by atoms with van der Waals surface area (Å²) in [5.41, 5.74) is -0.507. The molecule has 11 heteroatoms. The van der Waals surface area contributed by atoms with E-state index < -0.39 is 47.4 Å². The van der Waals surface area contributed by atoms with Crippen LogP contribution in [0.1, 0.15) is 43.4 Å². The number of hydrogen-bond donors (Lipinski definition) is 1. The molecule has 0 spiro atoms. The molecular formula is C27H23F3N4O4. The molecule has 0 aliphatic carbocycles. The summed E-state index contributed by atoms with van der Waals surface area (Å²) >= 11 is 0. The van der Waals surface area contributed by atoms with E-state index >= 15 is 0 Å². The van der Waals surface area contributed by atoms with Gasteiger partial charge in [-0.15, -0.1) is 0 Å². The van der Waals surface area contributed by atoms with Crippen LogP contribution in [0.3, 0.4) is 0 Å². The summed E-state index contributed by atoms with van der Waals surface area (Å²) in [5, 5.41) is 21.6. The number of anilines is 1. The Morgan fingerprint density at radius 3 is 2.34 bits per heavy atom. The zero-order chi connectivity index (χ0) is 28.2.